The summed E-state index contributed by atoms with van der Waals surface area (Å²) in [6.07, 6.45) is 1.95. The summed E-state index contributed by atoms with van der Waals surface area (Å²) in [6.45, 7) is 10.7. The second-order valence-corrected chi connectivity index (χ2v) is 12.8. The van der Waals surface area contributed by atoms with E-state index >= 15 is 4.39 Å². The summed E-state index contributed by atoms with van der Waals surface area (Å²) in [5.74, 6) is -1.36. The maximum atomic E-state index is 15.1. The molecule has 2 aromatic rings. The van der Waals surface area contributed by atoms with Crippen molar-refractivity contribution in [2.24, 2.45) is 17.8 Å². The highest BCUT2D eigenvalue weighted by atomic mass is 35.5. The Morgan fingerprint density at radius 2 is 1.79 bits per heavy atom. The number of aromatic nitrogens is 2. The van der Waals surface area contributed by atoms with Crippen LogP contribution in [-0.2, 0) is 4.79 Å². The average molecular weight is 563 g/mol. The van der Waals surface area contributed by atoms with Crippen LogP contribution in [0.15, 0.2) is 36.2 Å². The van der Waals surface area contributed by atoms with Crippen molar-refractivity contribution in [1.29, 1.82) is 0 Å². The number of benzene rings is 1. The number of hydrogen-bond donors (Lipinski definition) is 0. The molecule has 3 heterocycles. The van der Waals surface area contributed by atoms with Gasteiger partial charge in [0.1, 0.15) is 12.0 Å². The van der Waals surface area contributed by atoms with Gasteiger partial charge >= 0.3 is 0 Å². The number of piperidine rings is 1. The molecule has 0 saturated carbocycles. The lowest BCUT2D eigenvalue weighted by molar-refractivity contribution is -0.138. The first-order chi connectivity index (χ1) is 18.4. The molecule has 1 aromatic heterocycles. The van der Waals surface area contributed by atoms with E-state index in [-0.39, 0.29) is 52.4 Å². The summed E-state index contributed by atoms with van der Waals surface area (Å²) in [4.78, 5) is 18.1. The van der Waals surface area contributed by atoms with E-state index in [0.717, 1.165) is 24.2 Å². The fourth-order valence-corrected chi connectivity index (χ4v) is 6.79. The second-order valence-electron chi connectivity index (χ2n) is 12.4. The minimum atomic E-state index is -1.26. The van der Waals surface area contributed by atoms with Crippen LogP contribution in [-0.4, -0.2) is 63.4 Å². The molecule has 0 spiro atoms. The Morgan fingerprint density at radius 1 is 1.08 bits per heavy atom. The fraction of sp³-hybridized carbons (Fsp3) is 0.600. The molecular formula is C30H38ClF3N4O. The van der Waals surface area contributed by atoms with E-state index in [1.165, 1.54) is 12.1 Å². The number of halogens is 4. The first-order valence-electron chi connectivity index (χ1n) is 14.0. The monoisotopic (exact) mass is 562 g/mol. The molecule has 3 aliphatic rings. The summed E-state index contributed by atoms with van der Waals surface area (Å²) in [6, 6.07) is 6.64. The van der Waals surface area contributed by atoms with Crippen molar-refractivity contribution in [3.63, 3.8) is 0 Å². The van der Waals surface area contributed by atoms with E-state index in [1.807, 2.05) is 22.6 Å². The second kappa shape index (κ2) is 10.9. The number of carbonyl (C=O) groups excluding carboxylic acids is 1. The van der Waals surface area contributed by atoms with Gasteiger partial charge in [-0.15, -0.1) is 0 Å². The van der Waals surface area contributed by atoms with Gasteiger partial charge in [0.05, 0.1) is 28.1 Å². The fourth-order valence-electron chi connectivity index (χ4n) is 6.61. The van der Waals surface area contributed by atoms with Crippen LogP contribution in [0.1, 0.15) is 63.8 Å². The Morgan fingerprint density at radius 3 is 2.44 bits per heavy atom. The summed E-state index contributed by atoms with van der Waals surface area (Å²) < 4.78 is 44.4. The smallest absolute Gasteiger partial charge is 0.227 e. The lowest BCUT2D eigenvalue weighted by Gasteiger charge is -2.37. The van der Waals surface area contributed by atoms with Crippen molar-refractivity contribution in [2.75, 3.05) is 26.2 Å². The van der Waals surface area contributed by atoms with E-state index < -0.39 is 12.0 Å². The van der Waals surface area contributed by atoms with E-state index in [1.54, 1.807) is 12.1 Å². The number of aryl methyl sites for hydroxylation is 1. The molecule has 1 aromatic carbocycles. The number of hydrogen-bond acceptors (Lipinski definition) is 3. The molecule has 2 fully saturated rings. The highest BCUT2D eigenvalue weighted by molar-refractivity contribution is 6.30. The van der Waals surface area contributed by atoms with E-state index in [9.17, 15) is 13.6 Å². The predicted octanol–water partition coefficient (Wildman–Crippen LogP) is 6.63. The topological polar surface area (TPSA) is 41.4 Å². The van der Waals surface area contributed by atoms with Crippen LogP contribution in [0.25, 0.3) is 5.69 Å². The molecule has 1 aliphatic carbocycles. The third-order valence-electron chi connectivity index (χ3n) is 8.88. The van der Waals surface area contributed by atoms with E-state index in [0.29, 0.717) is 38.3 Å². The van der Waals surface area contributed by atoms with Crippen LogP contribution in [0.2, 0.25) is 5.02 Å². The van der Waals surface area contributed by atoms with Gasteiger partial charge in [-0.3, -0.25) is 9.69 Å². The van der Waals surface area contributed by atoms with Gasteiger partial charge in [-0.2, -0.15) is 5.10 Å². The molecule has 39 heavy (non-hydrogen) atoms. The van der Waals surface area contributed by atoms with Gasteiger partial charge in [-0.1, -0.05) is 17.7 Å². The molecule has 5 nitrogen and oxygen atoms in total. The quantitative estimate of drug-likeness (QED) is 0.420. The molecule has 1 amide bonds. The zero-order valence-corrected chi connectivity index (χ0v) is 23.9. The zero-order chi connectivity index (χ0) is 28.1. The number of carbonyl (C=O) groups is 1. The molecule has 0 bridgehead atoms. The van der Waals surface area contributed by atoms with Crippen molar-refractivity contribution in [3.05, 3.63) is 58.4 Å². The zero-order valence-electron chi connectivity index (χ0n) is 23.1. The van der Waals surface area contributed by atoms with Gasteiger partial charge in [0.15, 0.2) is 0 Å². The number of amides is 1. The normalized spacial score (nSPS) is 27.2. The standard InChI is InChI=1S/C30H38ClF3N4O/c1-18-13-28(38(35-18)21-6-8-26(33)25(31)15-21)19-9-11-36(12-10-19)29(39)24-17-37(30(2,3)4)16-23(24)22-7-5-20(32)14-27(22)34/h5-6,8,13,15,19,22-24,27H,7,9-12,14,16-17H2,1-4H3. The van der Waals surface area contributed by atoms with Crippen molar-refractivity contribution >= 4 is 17.5 Å². The van der Waals surface area contributed by atoms with Crippen molar-refractivity contribution in [1.82, 2.24) is 19.6 Å². The van der Waals surface area contributed by atoms with Gasteiger partial charge < -0.3 is 4.90 Å². The minimum Gasteiger partial charge on any atom is -0.342 e. The van der Waals surface area contributed by atoms with Crippen LogP contribution in [0, 0.1) is 30.5 Å². The minimum absolute atomic E-state index is 0.0501. The van der Waals surface area contributed by atoms with Crippen molar-refractivity contribution in [3.8, 4) is 5.69 Å². The third-order valence-corrected chi connectivity index (χ3v) is 9.17. The number of nitrogens with zero attached hydrogens (tertiary/aromatic N) is 4. The van der Waals surface area contributed by atoms with Gasteiger partial charge in [0.2, 0.25) is 5.91 Å². The Labute approximate surface area is 234 Å². The molecule has 0 radical (unpaired) electrons. The summed E-state index contributed by atoms with van der Waals surface area (Å²) in [5, 5.41) is 4.68. The Hall–Kier alpha value is -2.32. The molecule has 4 unspecified atom stereocenters. The molecule has 212 valence electrons. The Kier molecular flexibility index (Phi) is 7.90. The van der Waals surface area contributed by atoms with Crippen LogP contribution < -0.4 is 0 Å². The van der Waals surface area contributed by atoms with Gasteiger partial charge in [0, 0.05) is 49.8 Å². The largest absolute Gasteiger partial charge is 0.342 e. The predicted molar refractivity (Wildman–Crippen MR) is 147 cm³/mol. The maximum Gasteiger partial charge on any atom is 0.227 e. The van der Waals surface area contributed by atoms with Gasteiger partial charge in [0.25, 0.3) is 0 Å². The molecule has 0 N–H and O–H groups in total. The molecule has 2 aliphatic heterocycles. The lowest BCUT2D eigenvalue weighted by atomic mass is 9.75. The van der Waals surface area contributed by atoms with Crippen molar-refractivity contribution in [2.45, 2.75) is 71.0 Å². The molecule has 9 heteroatoms. The van der Waals surface area contributed by atoms with Crippen molar-refractivity contribution < 1.29 is 18.0 Å². The molecule has 5 rings (SSSR count). The highest BCUT2D eigenvalue weighted by Gasteiger charge is 2.48. The highest BCUT2D eigenvalue weighted by Crippen LogP contribution is 2.42. The molecular weight excluding hydrogens is 525 g/mol. The average Bonchev–Trinajstić information content (AvgIpc) is 3.50. The summed E-state index contributed by atoms with van der Waals surface area (Å²) in [7, 11) is 0. The third kappa shape index (κ3) is 5.78. The number of alkyl halides is 1. The number of likely N-dealkylation sites (tertiary alicyclic amines) is 2. The number of allylic oxidation sites excluding steroid dienone is 2. The Bertz CT molecular complexity index is 1250. The first-order valence-corrected chi connectivity index (χ1v) is 14.3. The van der Waals surface area contributed by atoms with E-state index in [2.05, 4.69) is 30.8 Å². The summed E-state index contributed by atoms with van der Waals surface area (Å²) >= 11 is 6.04. The molecule has 2 saturated heterocycles. The van der Waals surface area contributed by atoms with Gasteiger partial charge in [-0.05, 0) is 83.1 Å². The SMILES string of the molecule is Cc1cc(C2CCN(C(=O)C3CN(C(C)(C)C)CC3C3CC=C(F)CC3F)CC2)n(-c2ccc(F)c(Cl)c2)n1. The van der Waals surface area contributed by atoms with Crippen LogP contribution >= 0.6 is 11.6 Å². The van der Waals surface area contributed by atoms with Crippen LogP contribution in [0.4, 0.5) is 13.2 Å². The lowest BCUT2D eigenvalue weighted by Crippen LogP contribution is -2.45. The maximum absolute atomic E-state index is 15.1. The van der Waals surface area contributed by atoms with Gasteiger partial charge in [-0.25, -0.2) is 17.9 Å². The summed E-state index contributed by atoms with van der Waals surface area (Å²) in [5.41, 5.74) is 2.45. The Balaban J connectivity index is 1.31. The van der Waals surface area contributed by atoms with Crippen LogP contribution in [0.3, 0.4) is 0 Å². The first kappa shape index (κ1) is 28.2. The number of rotatable bonds is 4. The van der Waals surface area contributed by atoms with Crippen LogP contribution in [0.5, 0.6) is 0 Å². The molecule has 4 atom stereocenters. The van der Waals surface area contributed by atoms with E-state index in [4.69, 9.17) is 11.6 Å².